The lowest BCUT2D eigenvalue weighted by Gasteiger charge is -2.28. The summed E-state index contributed by atoms with van der Waals surface area (Å²) in [6.07, 6.45) is 0.647. The number of nitrogens with two attached hydrogens (primary N) is 1. The molecule has 1 unspecified atom stereocenters. The van der Waals surface area contributed by atoms with Gasteiger partial charge in [-0.05, 0) is 0 Å². The fraction of sp³-hybridized carbons (Fsp3) is 0.500. The highest BCUT2D eigenvalue weighted by molar-refractivity contribution is 5.82. The van der Waals surface area contributed by atoms with E-state index in [2.05, 4.69) is 26.8 Å². The fourth-order valence-electron chi connectivity index (χ4n) is 2.79. The van der Waals surface area contributed by atoms with Crippen molar-refractivity contribution in [2.45, 2.75) is 24.0 Å². The molecule has 10 heteroatoms. The first kappa shape index (κ1) is 16.7. The normalized spacial score (nSPS) is 29.9. The minimum absolute atomic E-state index is 0.403. The van der Waals surface area contributed by atoms with Crippen LogP contribution in [0.1, 0.15) is 6.23 Å². The van der Waals surface area contributed by atoms with Crippen molar-refractivity contribution in [2.24, 2.45) is 5.73 Å². The molecule has 0 amide bonds. The maximum Gasteiger partial charge on any atom is 0.172 e. The number of rotatable bonds is 6. The average Bonchev–Trinajstić information content (AvgIpc) is 3.13. The zero-order chi connectivity index (χ0) is 17.3. The van der Waals surface area contributed by atoms with Crippen molar-refractivity contribution < 1.29 is 20.1 Å². The Morgan fingerprint density at radius 2 is 2.25 bits per heavy atom. The van der Waals surface area contributed by atoms with Gasteiger partial charge in [-0.15, -0.1) is 0 Å². The first-order valence-corrected chi connectivity index (χ1v) is 7.48. The first-order chi connectivity index (χ1) is 11.6. The summed E-state index contributed by atoms with van der Waals surface area (Å²) in [7, 11) is 0. The van der Waals surface area contributed by atoms with E-state index in [0.717, 1.165) is 0 Å². The number of nitrogens with zero attached hydrogens (tertiary/aromatic N) is 4. The van der Waals surface area contributed by atoms with Crippen LogP contribution in [0.25, 0.3) is 11.2 Å². The second kappa shape index (κ2) is 6.42. The zero-order valence-corrected chi connectivity index (χ0v) is 12.9. The minimum Gasteiger partial charge on any atom is -0.394 e. The van der Waals surface area contributed by atoms with Crippen LogP contribution >= 0.6 is 0 Å². The van der Waals surface area contributed by atoms with Crippen molar-refractivity contribution in [3.63, 3.8) is 0 Å². The Balaban J connectivity index is 2.05. The van der Waals surface area contributed by atoms with Crippen LogP contribution in [-0.2, 0) is 4.74 Å². The van der Waals surface area contributed by atoms with Crippen LogP contribution < -0.4 is 11.1 Å². The van der Waals surface area contributed by atoms with E-state index >= 15 is 0 Å². The van der Waals surface area contributed by atoms with Gasteiger partial charge in [-0.1, -0.05) is 12.7 Å². The third-order valence-electron chi connectivity index (χ3n) is 4.08. The number of aliphatic hydroxyl groups is 3. The number of aliphatic hydroxyl groups excluding tert-OH is 2. The van der Waals surface area contributed by atoms with E-state index < -0.39 is 30.6 Å². The molecule has 0 saturated carbocycles. The van der Waals surface area contributed by atoms with E-state index in [0.29, 0.717) is 30.1 Å². The SMILES string of the molecule is C=C[C@]1(O)C(n2cnc3c(NCCN)ncnc32)O[C@H](CO)[C@H]1O. The predicted molar refractivity (Wildman–Crippen MR) is 85.0 cm³/mol. The molecule has 0 bridgehead atoms. The second-order valence-corrected chi connectivity index (χ2v) is 5.51. The maximum atomic E-state index is 10.7. The molecule has 6 N–H and O–H groups in total. The van der Waals surface area contributed by atoms with E-state index in [-0.39, 0.29) is 0 Å². The van der Waals surface area contributed by atoms with E-state index in [4.69, 9.17) is 10.5 Å². The molecule has 3 rings (SSSR count). The Morgan fingerprint density at radius 1 is 1.46 bits per heavy atom. The van der Waals surface area contributed by atoms with Gasteiger partial charge < -0.3 is 31.1 Å². The molecule has 24 heavy (non-hydrogen) atoms. The standard InChI is InChI=1S/C14H20N6O4/c1-2-14(23)10(22)8(5-21)24-13(14)20-7-19-9-11(16-4-3-15)17-6-18-12(9)20/h2,6-8,10,13,21-23H,1,3-5,15H2,(H,16,17,18)/t8-,10-,13?,14-/m1/s1. The van der Waals surface area contributed by atoms with Gasteiger partial charge >= 0.3 is 0 Å². The Morgan fingerprint density at radius 3 is 2.92 bits per heavy atom. The number of aromatic nitrogens is 4. The largest absolute Gasteiger partial charge is 0.394 e. The number of imidazole rings is 1. The van der Waals surface area contributed by atoms with E-state index in [1.165, 1.54) is 23.3 Å². The Bertz CT molecular complexity index is 737. The smallest absolute Gasteiger partial charge is 0.172 e. The van der Waals surface area contributed by atoms with Gasteiger partial charge in [0.25, 0.3) is 0 Å². The van der Waals surface area contributed by atoms with Crippen molar-refractivity contribution in [3.8, 4) is 0 Å². The van der Waals surface area contributed by atoms with Gasteiger partial charge in [-0.3, -0.25) is 4.57 Å². The quantitative estimate of drug-likeness (QED) is 0.391. The number of ether oxygens (including phenoxy) is 1. The molecule has 1 aliphatic rings. The van der Waals surface area contributed by atoms with E-state index in [1.54, 1.807) is 0 Å². The zero-order valence-electron chi connectivity index (χ0n) is 12.9. The van der Waals surface area contributed by atoms with E-state index in [1.807, 2.05) is 0 Å². The van der Waals surface area contributed by atoms with Crippen LogP contribution in [0.15, 0.2) is 25.3 Å². The van der Waals surface area contributed by atoms with Gasteiger partial charge in [0.2, 0.25) is 0 Å². The summed E-state index contributed by atoms with van der Waals surface area (Å²) < 4.78 is 7.08. The molecule has 2 aromatic heterocycles. The van der Waals surface area contributed by atoms with Crippen LogP contribution in [0.3, 0.4) is 0 Å². The molecule has 0 aliphatic carbocycles. The topological polar surface area (TPSA) is 152 Å². The number of anilines is 1. The van der Waals surface area contributed by atoms with Crippen molar-refractivity contribution in [1.82, 2.24) is 19.5 Å². The third kappa shape index (κ3) is 2.44. The fourth-order valence-corrected chi connectivity index (χ4v) is 2.79. The molecule has 3 heterocycles. The molecule has 0 radical (unpaired) electrons. The van der Waals surface area contributed by atoms with Crippen molar-refractivity contribution >= 4 is 17.0 Å². The molecule has 4 atom stereocenters. The van der Waals surface area contributed by atoms with Crippen LogP contribution in [-0.4, -0.2) is 72.3 Å². The molecule has 0 spiro atoms. The van der Waals surface area contributed by atoms with Crippen LogP contribution in [0.2, 0.25) is 0 Å². The second-order valence-electron chi connectivity index (χ2n) is 5.51. The van der Waals surface area contributed by atoms with Gasteiger partial charge in [0.1, 0.15) is 18.5 Å². The summed E-state index contributed by atoms with van der Waals surface area (Å²) in [5.41, 5.74) is 4.56. The molecule has 130 valence electrons. The number of nitrogens with one attached hydrogen (secondary N) is 1. The highest BCUT2D eigenvalue weighted by Crippen LogP contribution is 2.40. The Kier molecular flexibility index (Phi) is 4.47. The van der Waals surface area contributed by atoms with Crippen LogP contribution in [0.5, 0.6) is 0 Å². The number of hydrogen-bond acceptors (Lipinski definition) is 9. The summed E-state index contributed by atoms with van der Waals surface area (Å²) in [5, 5.41) is 33.3. The highest BCUT2D eigenvalue weighted by atomic mass is 16.6. The first-order valence-electron chi connectivity index (χ1n) is 7.48. The summed E-state index contributed by atoms with van der Waals surface area (Å²) in [6, 6.07) is 0. The molecule has 1 saturated heterocycles. The lowest BCUT2D eigenvalue weighted by atomic mass is 9.94. The van der Waals surface area contributed by atoms with Crippen molar-refractivity contribution in [2.75, 3.05) is 25.0 Å². The van der Waals surface area contributed by atoms with Gasteiger partial charge in [0.15, 0.2) is 28.8 Å². The van der Waals surface area contributed by atoms with Gasteiger partial charge in [0, 0.05) is 13.1 Å². The van der Waals surface area contributed by atoms with Gasteiger partial charge in [-0.25, -0.2) is 15.0 Å². The minimum atomic E-state index is -1.79. The van der Waals surface area contributed by atoms with Crippen LogP contribution in [0.4, 0.5) is 5.82 Å². The summed E-state index contributed by atoms with van der Waals surface area (Å²) in [5.74, 6) is 0.503. The van der Waals surface area contributed by atoms with Crippen LogP contribution in [0, 0.1) is 0 Å². The molecule has 1 fully saturated rings. The molecular formula is C14H20N6O4. The molecule has 1 aliphatic heterocycles. The summed E-state index contributed by atoms with van der Waals surface area (Å²) >= 11 is 0. The summed E-state index contributed by atoms with van der Waals surface area (Å²) in [4.78, 5) is 12.6. The average molecular weight is 336 g/mol. The predicted octanol–water partition coefficient (Wildman–Crippen LogP) is -1.64. The van der Waals surface area contributed by atoms with E-state index in [9.17, 15) is 15.3 Å². The third-order valence-corrected chi connectivity index (χ3v) is 4.08. The molecule has 2 aromatic rings. The lowest BCUT2D eigenvalue weighted by Crippen LogP contribution is -2.45. The number of fused-ring (bicyclic) bond motifs is 1. The number of hydrogen-bond donors (Lipinski definition) is 5. The van der Waals surface area contributed by atoms with Crippen molar-refractivity contribution in [3.05, 3.63) is 25.3 Å². The molecule has 0 aromatic carbocycles. The van der Waals surface area contributed by atoms with Gasteiger partial charge in [0.05, 0.1) is 12.9 Å². The monoisotopic (exact) mass is 336 g/mol. The maximum absolute atomic E-state index is 10.7. The highest BCUT2D eigenvalue weighted by Gasteiger charge is 2.54. The lowest BCUT2D eigenvalue weighted by molar-refractivity contribution is -0.0771. The Hall–Kier alpha value is -2.11. The summed E-state index contributed by atoms with van der Waals surface area (Å²) in [6.45, 7) is 4.07. The molecular weight excluding hydrogens is 316 g/mol. The molecule has 10 nitrogen and oxygen atoms in total. The Labute approximate surface area is 137 Å². The van der Waals surface area contributed by atoms with Gasteiger partial charge in [-0.2, -0.15) is 0 Å². The van der Waals surface area contributed by atoms with Crippen molar-refractivity contribution in [1.29, 1.82) is 0 Å².